The van der Waals surface area contributed by atoms with Gasteiger partial charge in [-0.3, -0.25) is 10.1 Å². The predicted molar refractivity (Wildman–Crippen MR) is 48.8 cm³/mol. The first kappa shape index (κ1) is 10.2. The van der Waals surface area contributed by atoms with Crippen LogP contribution in [0.15, 0.2) is 11.8 Å². The fraction of sp³-hybridized carbons (Fsp3) is 0.778. The van der Waals surface area contributed by atoms with Gasteiger partial charge in [0.2, 0.25) is 5.70 Å². The van der Waals surface area contributed by atoms with Gasteiger partial charge in [-0.1, -0.05) is 13.8 Å². The summed E-state index contributed by atoms with van der Waals surface area (Å²) in [5, 5.41) is 10.6. The molecular formula is C9H15NO3. The van der Waals surface area contributed by atoms with Crippen LogP contribution in [0, 0.1) is 22.0 Å². The summed E-state index contributed by atoms with van der Waals surface area (Å²) in [6.45, 7) is 5.03. The van der Waals surface area contributed by atoms with Crippen LogP contribution in [0.5, 0.6) is 0 Å². The smallest absolute Gasteiger partial charge is 0.245 e. The van der Waals surface area contributed by atoms with E-state index < -0.39 is 0 Å². The Kier molecular flexibility index (Phi) is 3.42. The normalized spacial score (nSPS) is 23.9. The molecule has 1 aliphatic rings. The molecule has 1 heterocycles. The molecule has 4 nitrogen and oxygen atoms in total. The summed E-state index contributed by atoms with van der Waals surface area (Å²) in [7, 11) is 0. The van der Waals surface area contributed by atoms with Crippen molar-refractivity contribution >= 4 is 0 Å². The van der Waals surface area contributed by atoms with Gasteiger partial charge in [0, 0.05) is 18.4 Å². The molecule has 74 valence electrons. The van der Waals surface area contributed by atoms with Gasteiger partial charge >= 0.3 is 0 Å². The summed E-state index contributed by atoms with van der Waals surface area (Å²) >= 11 is 0. The Hall–Kier alpha value is -0.900. The molecule has 0 saturated carbocycles. The van der Waals surface area contributed by atoms with Crippen LogP contribution in [-0.4, -0.2) is 18.1 Å². The van der Waals surface area contributed by atoms with Crippen molar-refractivity contribution in [3.8, 4) is 0 Å². The Morgan fingerprint density at radius 1 is 1.69 bits per heavy atom. The molecule has 4 heteroatoms. The molecule has 0 aromatic heterocycles. The molecule has 0 bridgehead atoms. The van der Waals surface area contributed by atoms with Crippen molar-refractivity contribution in [2.24, 2.45) is 11.8 Å². The highest BCUT2D eigenvalue weighted by Crippen LogP contribution is 2.19. The topological polar surface area (TPSA) is 52.4 Å². The largest absolute Gasteiger partial charge is 0.381 e. The third-order valence-corrected chi connectivity index (χ3v) is 2.17. The summed E-state index contributed by atoms with van der Waals surface area (Å²) < 4.78 is 5.15. The van der Waals surface area contributed by atoms with Crippen LogP contribution < -0.4 is 0 Å². The zero-order valence-corrected chi connectivity index (χ0v) is 8.03. The molecule has 0 aromatic carbocycles. The van der Waals surface area contributed by atoms with Crippen LogP contribution in [0.2, 0.25) is 0 Å². The van der Waals surface area contributed by atoms with Crippen molar-refractivity contribution < 1.29 is 9.66 Å². The Bertz CT molecular complexity index is 217. The molecule has 0 aliphatic carbocycles. The van der Waals surface area contributed by atoms with Gasteiger partial charge in [-0.2, -0.15) is 0 Å². The third kappa shape index (κ3) is 2.81. The Balaban J connectivity index is 2.67. The van der Waals surface area contributed by atoms with Gasteiger partial charge in [-0.25, -0.2) is 0 Å². The predicted octanol–water partition coefficient (Wildman–Crippen LogP) is 1.84. The fourth-order valence-electron chi connectivity index (χ4n) is 1.39. The van der Waals surface area contributed by atoms with E-state index in [1.165, 1.54) is 0 Å². The lowest BCUT2D eigenvalue weighted by Crippen LogP contribution is -2.09. The molecule has 1 fully saturated rings. The SMILES string of the molecule is CC(C)/C(=C\C1CCOC1)[N+](=O)[O-]. The van der Waals surface area contributed by atoms with Crippen molar-refractivity contribution in [1.82, 2.24) is 0 Å². The second-order valence-electron chi connectivity index (χ2n) is 3.63. The molecule has 1 saturated heterocycles. The Labute approximate surface area is 77.7 Å². The molecule has 1 aliphatic heterocycles. The quantitative estimate of drug-likeness (QED) is 0.498. The van der Waals surface area contributed by atoms with Crippen LogP contribution in [0.4, 0.5) is 0 Å². The van der Waals surface area contributed by atoms with Gasteiger partial charge in [-0.15, -0.1) is 0 Å². The van der Waals surface area contributed by atoms with Crippen LogP contribution >= 0.6 is 0 Å². The molecule has 1 unspecified atom stereocenters. The standard InChI is InChI=1S/C9H15NO3/c1-7(2)9(10(11)12)5-8-3-4-13-6-8/h5,7-8H,3-4,6H2,1-2H3/b9-5+. The summed E-state index contributed by atoms with van der Waals surface area (Å²) in [6, 6.07) is 0. The van der Waals surface area contributed by atoms with Gasteiger partial charge in [0.15, 0.2) is 0 Å². The summed E-state index contributed by atoms with van der Waals surface area (Å²) in [4.78, 5) is 10.3. The maximum atomic E-state index is 10.6. The van der Waals surface area contributed by atoms with E-state index in [-0.39, 0.29) is 16.8 Å². The number of hydrogen-bond donors (Lipinski definition) is 0. The van der Waals surface area contributed by atoms with Gasteiger partial charge in [0.25, 0.3) is 0 Å². The van der Waals surface area contributed by atoms with Crippen LogP contribution in [-0.2, 0) is 4.74 Å². The van der Waals surface area contributed by atoms with Crippen LogP contribution in [0.1, 0.15) is 20.3 Å². The average Bonchev–Trinajstić information content (AvgIpc) is 2.50. The van der Waals surface area contributed by atoms with E-state index in [0.29, 0.717) is 12.3 Å². The number of rotatable bonds is 3. The minimum Gasteiger partial charge on any atom is -0.381 e. The molecule has 0 radical (unpaired) electrons. The maximum absolute atomic E-state index is 10.6. The Morgan fingerprint density at radius 3 is 2.77 bits per heavy atom. The molecule has 0 aromatic rings. The number of nitrogens with zero attached hydrogens (tertiary/aromatic N) is 1. The first-order valence-corrected chi connectivity index (χ1v) is 4.55. The first-order chi connectivity index (χ1) is 6.11. The van der Waals surface area contributed by atoms with Gasteiger partial charge in [0.1, 0.15) is 0 Å². The van der Waals surface area contributed by atoms with Gasteiger partial charge in [-0.05, 0) is 12.5 Å². The number of nitro groups is 1. The van der Waals surface area contributed by atoms with Crippen molar-refractivity contribution in [2.45, 2.75) is 20.3 Å². The first-order valence-electron chi connectivity index (χ1n) is 4.55. The van der Waals surface area contributed by atoms with E-state index in [0.717, 1.165) is 13.0 Å². The summed E-state index contributed by atoms with van der Waals surface area (Å²) in [5.74, 6) is 0.221. The zero-order chi connectivity index (χ0) is 9.84. The molecule has 0 N–H and O–H groups in total. The third-order valence-electron chi connectivity index (χ3n) is 2.17. The second-order valence-corrected chi connectivity index (χ2v) is 3.63. The molecular weight excluding hydrogens is 170 g/mol. The van der Waals surface area contributed by atoms with E-state index in [4.69, 9.17) is 4.74 Å². The van der Waals surface area contributed by atoms with E-state index in [1.807, 2.05) is 13.8 Å². The van der Waals surface area contributed by atoms with Crippen LogP contribution in [0.25, 0.3) is 0 Å². The van der Waals surface area contributed by atoms with Gasteiger partial charge in [0.05, 0.1) is 11.5 Å². The van der Waals surface area contributed by atoms with Crippen LogP contribution in [0.3, 0.4) is 0 Å². The van der Waals surface area contributed by atoms with E-state index in [9.17, 15) is 10.1 Å². The van der Waals surface area contributed by atoms with Crippen molar-refractivity contribution in [2.75, 3.05) is 13.2 Å². The maximum Gasteiger partial charge on any atom is 0.245 e. The average molecular weight is 185 g/mol. The highest BCUT2D eigenvalue weighted by atomic mass is 16.6. The number of allylic oxidation sites excluding steroid dienone is 1. The summed E-state index contributed by atoms with van der Waals surface area (Å²) in [5.41, 5.74) is 0.315. The monoisotopic (exact) mass is 185 g/mol. The lowest BCUT2D eigenvalue weighted by molar-refractivity contribution is -0.433. The number of hydrogen-bond acceptors (Lipinski definition) is 3. The molecule has 13 heavy (non-hydrogen) atoms. The van der Waals surface area contributed by atoms with Crippen molar-refractivity contribution in [1.29, 1.82) is 0 Å². The number of ether oxygens (including phenoxy) is 1. The van der Waals surface area contributed by atoms with Gasteiger partial charge < -0.3 is 4.74 Å². The fourth-order valence-corrected chi connectivity index (χ4v) is 1.39. The highest BCUT2D eigenvalue weighted by molar-refractivity contribution is 4.99. The minimum absolute atomic E-state index is 0.0180. The molecule has 1 rings (SSSR count). The van der Waals surface area contributed by atoms with Crippen molar-refractivity contribution in [3.63, 3.8) is 0 Å². The minimum atomic E-state index is -0.289. The molecule has 0 amide bonds. The molecule has 1 atom stereocenters. The molecule has 0 spiro atoms. The van der Waals surface area contributed by atoms with Crippen molar-refractivity contribution in [3.05, 3.63) is 21.9 Å². The van der Waals surface area contributed by atoms with E-state index in [1.54, 1.807) is 6.08 Å². The zero-order valence-electron chi connectivity index (χ0n) is 8.03. The Morgan fingerprint density at radius 2 is 2.38 bits per heavy atom. The lowest BCUT2D eigenvalue weighted by atomic mass is 10.0. The van der Waals surface area contributed by atoms with E-state index in [2.05, 4.69) is 0 Å². The highest BCUT2D eigenvalue weighted by Gasteiger charge is 2.21. The van der Waals surface area contributed by atoms with E-state index >= 15 is 0 Å². The second kappa shape index (κ2) is 4.37. The summed E-state index contributed by atoms with van der Waals surface area (Å²) in [6.07, 6.45) is 2.65. The lowest BCUT2D eigenvalue weighted by Gasteiger charge is -2.04.